The number of nitrogens with one attached hydrogen (secondary N) is 1. The molecule has 140 valence electrons. The highest BCUT2D eigenvalue weighted by molar-refractivity contribution is 6.56. The number of hydrogen-bond donors (Lipinski definition) is 1. The molecule has 0 spiro atoms. The van der Waals surface area contributed by atoms with Crippen LogP contribution in [0.1, 0.15) is 50.5 Å². The number of amides is 1. The maximum atomic E-state index is 12.0. The molecule has 0 aromatic heterocycles. The Morgan fingerprint density at radius 1 is 1.15 bits per heavy atom. The molecule has 1 aromatic rings. The van der Waals surface area contributed by atoms with Crippen LogP contribution >= 0.6 is 0 Å². The summed E-state index contributed by atoms with van der Waals surface area (Å²) in [5.41, 5.74) is 0.820. The SMILES string of the molecule is COC(=O)c1ccccc1C=C(CNC(C)=O)B1OC(C)(C)C(C)(C)O1. The van der Waals surface area contributed by atoms with Crippen LogP contribution in [-0.4, -0.2) is 43.9 Å². The summed E-state index contributed by atoms with van der Waals surface area (Å²) in [6.45, 7) is 9.56. The lowest BCUT2D eigenvalue weighted by Crippen LogP contribution is -2.41. The standard InChI is InChI=1S/C19H26BNO5/c1-13(22)21-12-15(20-25-18(2,3)19(4,5)26-20)11-14-9-7-8-10-16(14)17(23)24-6/h7-11H,12H2,1-6H3,(H,21,22). The van der Waals surface area contributed by atoms with E-state index in [-0.39, 0.29) is 12.5 Å². The van der Waals surface area contributed by atoms with Gasteiger partial charge in [0.1, 0.15) is 0 Å². The molecule has 26 heavy (non-hydrogen) atoms. The highest BCUT2D eigenvalue weighted by Gasteiger charge is 2.52. The topological polar surface area (TPSA) is 73.9 Å². The summed E-state index contributed by atoms with van der Waals surface area (Å²) in [6.07, 6.45) is 1.81. The molecule has 1 aliphatic heterocycles. The Bertz CT molecular complexity index is 710. The first-order chi connectivity index (χ1) is 12.1. The van der Waals surface area contributed by atoms with E-state index in [0.29, 0.717) is 11.1 Å². The minimum Gasteiger partial charge on any atom is -0.465 e. The third-order valence-corrected chi connectivity index (χ3v) is 4.80. The number of rotatable bonds is 5. The fraction of sp³-hybridized carbons (Fsp3) is 0.474. The molecular weight excluding hydrogens is 333 g/mol. The zero-order valence-corrected chi connectivity index (χ0v) is 16.2. The van der Waals surface area contributed by atoms with Crippen LogP contribution in [0.5, 0.6) is 0 Å². The maximum absolute atomic E-state index is 12.0. The number of carbonyl (C=O) groups excluding carboxylic acids is 2. The van der Waals surface area contributed by atoms with Crippen LogP contribution in [0.15, 0.2) is 29.7 Å². The van der Waals surface area contributed by atoms with Crippen molar-refractivity contribution in [3.63, 3.8) is 0 Å². The van der Waals surface area contributed by atoms with Gasteiger partial charge >= 0.3 is 13.1 Å². The van der Waals surface area contributed by atoms with Crippen LogP contribution in [0.2, 0.25) is 0 Å². The van der Waals surface area contributed by atoms with Crippen LogP contribution < -0.4 is 5.32 Å². The number of benzene rings is 1. The normalized spacial score (nSPS) is 18.5. The molecule has 1 amide bonds. The van der Waals surface area contributed by atoms with Gasteiger partial charge < -0.3 is 19.4 Å². The highest BCUT2D eigenvalue weighted by Crippen LogP contribution is 2.38. The van der Waals surface area contributed by atoms with E-state index in [1.807, 2.05) is 45.9 Å². The molecule has 0 radical (unpaired) electrons. The third kappa shape index (κ3) is 4.34. The van der Waals surface area contributed by atoms with E-state index >= 15 is 0 Å². The van der Waals surface area contributed by atoms with E-state index in [0.717, 1.165) is 5.47 Å². The Balaban J connectivity index is 2.42. The zero-order valence-electron chi connectivity index (χ0n) is 16.2. The van der Waals surface area contributed by atoms with Gasteiger partial charge in [-0.1, -0.05) is 24.3 Å². The molecule has 0 saturated carbocycles. The van der Waals surface area contributed by atoms with Crippen LogP contribution in [0.25, 0.3) is 6.08 Å². The first-order valence-electron chi connectivity index (χ1n) is 8.55. The Hall–Kier alpha value is -2.12. The van der Waals surface area contributed by atoms with Crippen molar-refractivity contribution in [1.29, 1.82) is 0 Å². The van der Waals surface area contributed by atoms with E-state index in [1.165, 1.54) is 14.0 Å². The lowest BCUT2D eigenvalue weighted by Gasteiger charge is -2.32. The number of carbonyl (C=O) groups is 2. The summed E-state index contributed by atoms with van der Waals surface area (Å²) >= 11 is 0. The average molecular weight is 359 g/mol. The van der Waals surface area contributed by atoms with E-state index in [4.69, 9.17) is 14.0 Å². The van der Waals surface area contributed by atoms with Crippen molar-refractivity contribution in [1.82, 2.24) is 5.32 Å². The predicted octanol–water partition coefficient (Wildman–Crippen LogP) is 2.62. The van der Waals surface area contributed by atoms with Crippen molar-refractivity contribution in [3.05, 3.63) is 40.9 Å². The second-order valence-corrected chi connectivity index (χ2v) is 7.30. The van der Waals surface area contributed by atoms with Crippen molar-refractivity contribution in [2.45, 2.75) is 45.8 Å². The summed E-state index contributed by atoms with van der Waals surface area (Å²) in [5.74, 6) is -0.585. The van der Waals surface area contributed by atoms with Crippen molar-refractivity contribution in [2.24, 2.45) is 0 Å². The fourth-order valence-corrected chi connectivity index (χ4v) is 2.54. The predicted molar refractivity (Wildman–Crippen MR) is 101 cm³/mol. The zero-order chi connectivity index (χ0) is 19.5. The molecule has 0 aliphatic carbocycles. The van der Waals surface area contributed by atoms with Crippen LogP contribution in [-0.2, 0) is 18.8 Å². The minimum absolute atomic E-state index is 0.159. The van der Waals surface area contributed by atoms with Gasteiger partial charge in [-0.25, -0.2) is 4.79 Å². The third-order valence-electron chi connectivity index (χ3n) is 4.80. The lowest BCUT2D eigenvalue weighted by atomic mass is 9.76. The molecule has 1 aliphatic rings. The molecule has 1 saturated heterocycles. The smallest absolute Gasteiger partial charge is 0.465 e. The molecule has 6 nitrogen and oxygen atoms in total. The van der Waals surface area contributed by atoms with E-state index < -0.39 is 24.3 Å². The summed E-state index contributed by atoms with van der Waals surface area (Å²) in [7, 11) is 0.715. The van der Waals surface area contributed by atoms with Gasteiger partial charge in [-0.15, -0.1) is 0 Å². The molecule has 1 fully saturated rings. The Morgan fingerprint density at radius 3 is 2.27 bits per heavy atom. The Morgan fingerprint density at radius 2 is 1.73 bits per heavy atom. The highest BCUT2D eigenvalue weighted by atomic mass is 16.7. The molecule has 1 aromatic carbocycles. The van der Waals surface area contributed by atoms with Gasteiger partial charge in [-0.05, 0) is 44.8 Å². The number of methoxy groups -OCH3 is 1. The van der Waals surface area contributed by atoms with Gasteiger partial charge in [-0.2, -0.15) is 0 Å². The van der Waals surface area contributed by atoms with Gasteiger partial charge in [0.15, 0.2) is 0 Å². The van der Waals surface area contributed by atoms with Gasteiger partial charge in [0.2, 0.25) is 5.91 Å². The van der Waals surface area contributed by atoms with Crippen molar-refractivity contribution < 1.29 is 23.6 Å². The van der Waals surface area contributed by atoms with Gasteiger partial charge in [0.05, 0.1) is 23.9 Å². The van der Waals surface area contributed by atoms with Crippen LogP contribution in [0.3, 0.4) is 0 Å². The minimum atomic E-state index is -0.627. The maximum Gasteiger partial charge on any atom is 0.492 e. The summed E-state index contributed by atoms with van der Waals surface area (Å²) in [6, 6.07) is 7.10. The lowest BCUT2D eigenvalue weighted by molar-refractivity contribution is -0.118. The Labute approximate surface area is 155 Å². The van der Waals surface area contributed by atoms with Crippen molar-refractivity contribution >= 4 is 25.1 Å². The quantitative estimate of drug-likeness (QED) is 0.646. The fourth-order valence-electron chi connectivity index (χ4n) is 2.54. The molecule has 7 heteroatoms. The second-order valence-electron chi connectivity index (χ2n) is 7.30. The van der Waals surface area contributed by atoms with Crippen LogP contribution in [0, 0.1) is 0 Å². The average Bonchev–Trinajstić information content (AvgIpc) is 2.78. The molecule has 2 rings (SSSR count). The van der Waals surface area contributed by atoms with Gasteiger partial charge in [-0.3, -0.25) is 4.79 Å². The first kappa shape index (κ1) is 20.2. The summed E-state index contributed by atoms with van der Waals surface area (Å²) in [5, 5.41) is 2.78. The monoisotopic (exact) mass is 359 g/mol. The second kappa shape index (κ2) is 7.64. The summed E-state index contributed by atoms with van der Waals surface area (Å²) < 4.78 is 17.0. The molecular formula is C19H26BNO5. The molecule has 1 N–H and O–H groups in total. The number of hydrogen-bond acceptors (Lipinski definition) is 5. The first-order valence-corrected chi connectivity index (χ1v) is 8.55. The van der Waals surface area contributed by atoms with Crippen molar-refractivity contribution in [2.75, 3.05) is 13.7 Å². The van der Waals surface area contributed by atoms with Crippen molar-refractivity contribution in [3.8, 4) is 0 Å². The summed E-state index contributed by atoms with van der Waals surface area (Å²) in [4.78, 5) is 23.4. The van der Waals surface area contributed by atoms with E-state index in [1.54, 1.807) is 12.1 Å². The van der Waals surface area contributed by atoms with Crippen LogP contribution in [0.4, 0.5) is 0 Å². The van der Waals surface area contributed by atoms with Gasteiger partial charge in [0, 0.05) is 13.5 Å². The molecule has 0 bridgehead atoms. The van der Waals surface area contributed by atoms with E-state index in [9.17, 15) is 9.59 Å². The van der Waals surface area contributed by atoms with Gasteiger partial charge in [0.25, 0.3) is 0 Å². The van der Waals surface area contributed by atoms with E-state index in [2.05, 4.69) is 5.32 Å². The molecule has 1 heterocycles. The molecule has 0 atom stereocenters. The molecule has 0 unspecified atom stereocenters. The number of ether oxygens (including phenoxy) is 1. The largest absolute Gasteiger partial charge is 0.492 e. The number of esters is 1. The Kier molecular flexibility index (Phi) is 5.93.